The van der Waals surface area contributed by atoms with Crippen molar-refractivity contribution in [1.29, 1.82) is 0 Å². The lowest BCUT2D eigenvalue weighted by Crippen LogP contribution is -2.27. The Bertz CT molecular complexity index is 387. The highest BCUT2D eigenvalue weighted by Gasteiger charge is 2.09. The number of nitrogens with one attached hydrogen (secondary N) is 2. The van der Waals surface area contributed by atoms with Crippen molar-refractivity contribution in [2.45, 2.75) is 25.0 Å². The maximum Gasteiger partial charge on any atom is 0.230 e. The Kier molecular flexibility index (Phi) is 8.92. The standard InChI is InChI=1S/C11H22N6O2S/c1-3-12-6-7-17-11(14-15-16-17)20-9-10(18)13-5-4-8-19-2/h12H,3-9H2,1-2H3,(H,13,18). The minimum atomic E-state index is -0.0210. The first-order valence-electron chi connectivity index (χ1n) is 6.63. The van der Waals surface area contributed by atoms with Gasteiger partial charge in [-0.25, -0.2) is 4.68 Å². The number of tetrazole rings is 1. The van der Waals surface area contributed by atoms with Crippen molar-refractivity contribution in [3.63, 3.8) is 0 Å². The van der Waals surface area contributed by atoms with E-state index in [9.17, 15) is 4.79 Å². The summed E-state index contributed by atoms with van der Waals surface area (Å²) in [5.74, 6) is 0.293. The molecule has 0 aliphatic carbocycles. The summed E-state index contributed by atoms with van der Waals surface area (Å²) in [7, 11) is 1.64. The van der Waals surface area contributed by atoms with Crippen molar-refractivity contribution in [2.24, 2.45) is 0 Å². The zero-order chi connectivity index (χ0) is 14.6. The molecule has 2 N–H and O–H groups in total. The molecular formula is C11H22N6O2S. The summed E-state index contributed by atoms with van der Waals surface area (Å²) in [5, 5.41) is 18.1. The van der Waals surface area contributed by atoms with E-state index in [0.29, 0.717) is 30.6 Å². The fraction of sp³-hybridized carbons (Fsp3) is 0.818. The number of carbonyl (C=O) groups excluding carboxylic acids is 1. The first-order chi connectivity index (χ1) is 9.77. The normalized spacial score (nSPS) is 10.7. The Morgan fingerprint density at radius 1 is 1.45 bits per heavy atom. The number of likely N-dealkylation sites (N-methyl/N-ethyl adjacent to an activating group) is 1. The first-order valence-corrected chi connectivity index (χ1v) is 7.61. The van der Waals surface area contributed by atoms with E-state index in [4.69, 9.17) is 4.74 Å². The van der Waals surface area contributed by atoms with E-state index < -0.39 is 0 Å². The van der Waals surface area contributed by atoms with Gasteiger partial charge in [-0.2, -0.15) is 0 Å². The van der Waals surface area contributed by atoms with Gasteiger partial charge < -0.3 is 15.4 Å². The van der Waals surface area contributed by atoms with E-state index in [1.54, 1.807) is 11.8 Å². The van der Waals surface area contributed by atoms with E-state index in [0.717, 1.165) is 19.5 Å². The molecule has 0 aliphatic heterocycles. The average molecular weight is 302 g/mol. The van der Waals surface area contributed by atoms with Crippen LogP contribution in [0.4, 0.5) is 0 Å². The minimum Gasteiger partial charge on any atom is -0.385 e. The Labute approximate surface area is 123 Å². The Balaban J connectivity index is 2.23. The fourth-order valence-electron chi connectivity index (χ4n) is 1.43. The van der Waals surface area contributed by atoms with Crippen LogP contribution in [0.2, 0.25) is 0 Å². The van der Waals surface area contributed by atoms with Crippen LogP contribution >= 0.6 is 11.8 Å². The van der Waals surface area contributed by atoms with Crippen LogP contribution in [0.1, 0.15) is 13.3 Å². The van der Waals surface area contributed by atoms with Gasteiger partial charge in [0.1, 0.15) is 0 Å². The number of rotatable bonds is 11. The number of hydrogen-bond donors (Lipinski definition) is 2. The van der Waals surface area contributed by atoms with Gasteiger partial charge in [0.25, 0.3) is 0 Å². The van der Waals surface area contributed by atoms with E-state index >= 15 is 0 Å². The molecule has 1 aromatic heterocycles. The molecule has 0 bridgehead atoms. The molecule has 20 heavy (non-hydrogen) atoms. The quantitative estimate of drug-likeness (QED) is 0.421. The lowest BCUT2D eigenvalue weighted by Gasteiger charge is -2.05. The Morgan fingerprint density at radius 3 is 3.05 bits per heavy atom. The molecular weight excluding hydrogens is 280 g/mol. The summed E-state index contributed by atoms with van der Waals surface area (Å²) in [5.41, 5.74) is 0. The van der Waals surface area contributed by atoms with Gasteiger partial charge in [0.15, 0.2) is 0 Å². The van der Waals surface area contributed by atoms with Crippen molar-refractivity contribution in [3.8, 4) is 0 Å². The van der Waals surface area contributed by atoms with E-state index in [1.165, 1.54) is 11.8 Å². The van der Waals surface area contributed by atoms with Crippen LogP contribution in [0.5, 0.6) is 0 Å². The molecule has 1 heterocycles. The van der Waals surface area contributed by atoms with Crippen LogP contribution in [0.3, 0.4) is 0 Å². The van der Waals surface area contributed by atoms with Gasteiger partial charge in [-0.1, -0.05) is 18.7 Å². The number of ether oxygens (including phenoxy) is 1. The summed E-state index contributed by atoms with van der Waals surface area (Å²) in [6, 6.07) is 0. The van der Waals surface area contributed by atoms with E-state index in [-0.39, 0.29) is 5.91 Å². The molecule has 1 aromatic rings. The molecule has 8 nitrogen and oxygen atoms in total. The van der Waals surface area contributed by atoms with Crippen molar-refractivity contribution in [3.05, 3.63) is 0 Å². The summed E-state index contributed by atoms with van der Waals surface area (Å²) in [4.78, 5) is 11.6. The highest BCUT2D eigenvalue weighted by Crippen LogP contribution is 2.12. The molecule has 9 heteroatoms. The third-order valence-electron chi connectivity index (χ3n) is 2.43. The van der Waals surface area contributed by atoms with Crippen LogP contribution < -0.4 is 10.6 Å². The van der Waals surface area contributed by atoms with E-state index in [1.807, 2.05) is 6.92 Å². The van der Waals surface area contributed by atoms with Crippen molar-refractivity contribution < 1.29 is 9.53 Å². The second-order valence-electron chi connectivity index (χ2n) is 4.02. The van der Waals surface area contributed by atoms with Crippen molar-refractivity contribution in [2.75, 3.05) is 39.1 Å². The molecule has 1 rings (SSSR count). The smallest absolute Gasteiger partial charge is 0.230 e. The summed E-state index contributed by atoms with van der Waals surface area (Å²) >= 11 is 1.34. The van der Waals surface area contributed by atoms with Gasteiger partial charge in [-0.15, -0.1) is 5.10 Å². The van der Waals surface area contributed by atoms with Crippen molar-refractivity contribution >= 4 is 17.7 Å². The molecule has 0 unspecified atom stereocenters. The zero-order valence-electron chi connectivity index (χ0n) is 12.0. The largest absolute Gasteiger partial charge is 0.385 e. The van der Waals surface area contributed by atoms with Gasteiger partial charge in [0.05, 0.1) is 12.3 Å². The van der Waals surface area contributed by atoms with Crippen LogP contribution in [-0.4, -0.2) is 65.2 Å². The number of methoxy groups -OCH3 is 1. The zero-order valence-corrected chi connectivity index (χ0v) is 12.8. The highest BCUT2D eigenvalue weighted by molar-refractivity contribution is 7.99. The molecule has 114 valence electrons. The average Bonchev–Trinajstić information content (AvgIpc) is 2.89. The van der Waals surface area contributed by atoms with Gasteiger partial charge in [0.2, 0.25) is 11.1 Å². The number of aromatic nitrogens is 4. The monoisotopic (exact) mass is 302 g/mol. The maximum absolute atomic E-state index is 11.6. The van der Waals surface area contributed by atoms with E-state index in [2.05, 4.69) is 26.2 Å². The molecule has 0 radical (unpaired) electrons. The second-order valence-corrected chi connectivity index (χ2v) is 4.97. The van der Waals surface area contributed by atoms with Crippen LogP contribution in [0, 0.1) is 0 Å². The molecule has 0 atom stereocenters. The highest BCUT2D eigenvalue weighted by atomic mass is 32.2. The second kappa shape index (κ2) is 10.6. The van der Waals surface area contributed by atoms with Crippen LogP contribution in [-0.2, 0) is 16.1 Å². The Hall–Kier alpha value is -1.19. The van der Waals surface area contributed by atoms with Crippen LogP contribution in [0.25, 0.3) is 0 Å². The van der Waals surface area contributed by atoms with Crippen molar-refractivity contribution in [1.82, 2.24) is 30.8 Å². The van der Waals surface area contributed by atoms with Gasteiger partial charge in [0, 0.05) is 26.8 Å². The predicted molar refractivity (Wildman–Crippen MR) is 76.6 cm³/mol. The first kappa shape index (κ1) is 16.9. The summed E-state index contributed by atoms with van der Waals surface area (Å²) < 4.78 is 6.61. The predicted octanol–water partition coefficient (Wildman–Crippen LogP) is -0.473. The maximum atomic E-state index is 11.6. The third-order valence-corrected chi connectivity index (χ3v) is 3.39. The minimum absolute atomic E-state index is 0.0210. The molecule has 1 amide bonds. The van der Waals surface area contributed by atoms with Crippen LogP contribution in [0.15, 0.2) is 5.16 Å². The lowest BCUT2D eigenvalue weighted by molar-refractivity contribution is -0.118. The van der Waals surface area contributed by atoms with Gasteiger partial charge in [-0.05, 0) is 23.4 Å². The summed E-state index contributed by atoms with van der Waals surface area (Å²) in [6.07, 6.45) is 0.813. The SMILES string of the molecule is CCNCCn1nnnc1SCC(=O)NCCCOC. The molecule has 0 aromatic carbocycles. The summed E-state index contributed by atoms with van der Waals surface area (Å²) in [6.45, 7) is 5.73. The lowest BCUT2D eigenvalue weighted by atomic mass is 10.4. The molecule has 0 fully saturated rings. The topological polar surface area (TPSA) is 94.0 Å². The number of nitrogens with zero attached hydrogens (tertiary/aromatic N) is 4. The Morgan fingerprint density at radius 2 is 2.30 bits per heavy atom. The molecule has 0 aliphatic rings. The third kappa shape index (κ3) is 6.83. The number of hydrogen-bond acceptors (Lipinski definition) is 7. The number of carbonyl (C=O) groups is 1. The number of amides is 1. The molecule has 0 saturated heterocycles. The molecule has 0 spiro atoms. The van der Waals surface area contributed by atoms with Gasteiger partial charge in [-0.3, -0.25) is 4.79 Å². The van der Waals surface area contributed by atoms with Gasteiger partial charge >= 0.3 is 0 Å². The fourth-order valence-corrected chi connectivity index (χ4v) is 2.16. The number of thioether (sulfide) groups is 1. The molecule has 0 saturated carbocycles.